The highest BCUT2D eigenvalue weighted by Gasteiger charge is 2.21. The van der Waals surface area contributed by atoms with Crippen LogP contribution in [0.4, 0.5) is 0 Å². The van der Waals surface area contributed by atoms with Crippen LogP contribution >= 0.6 is 15.9 Å². The van der Waals surface area contributed by atoms with Gasteiger partial charge in [-0.15, -0.1) is 0 Å². The molecule has 2 aromatic carbocycles. The first kappa shape index (κ1) is 25.2. The van der Waals surface area contributed by atoms with E-state index in [-0.39, 0.29) is 6.10 Å². The Morgan fingerprint density at radius 2 is 1.76 bits per heavy atom. The molecular weight excluding hydrogens is 506 g/mol. The van der Waals surface area contributed by atoms with E-state index >= 15 is 0 Å². The molecule has 0 atom stereocenters. The summed E-state index contributed by atoms with van der Waals surface area (Å²) >= 11 is 3.44. The summed E-state index contributed by atoms with van der Waals surface area (Å²) in [5.74, 6) is 1.00. The lowest BCUT2D eigenvalue weighted by molar-refractivity contribution is 0.0272. The number of aryl methyl sites for hydroxylation is 2. The summed E-state index contributed by atoms with van der Waals surface area (Å²) < 4.78 is 18.4. The van der Waals surface area contributed by atoms with Crippen molar-refractivity contribution in [2.24, 2.45) is 0 Å². The van der Waals surface area contributed by atoms with Gasteiger partial charge in [0, 0.05) is 0 Å². The third kappa shape index (κ3) is 5.39. The minimum Gasteiger partial charge on any atom is -0.496 e. The van der Waals surface area contributed by atoms with Crippen LogP contribution in [-0.4, -0.2) is 33.9 Å². The Labute approximate surface area is 204 Å². The maximum atomic E-state index is 12.5. The Bertz CT molecular complexity index is 1300. The number of hydrogen-bond donors (Lipinski definition) is 1. The number of carbonyl (C=O) groups excluding carboxylic acids is 1. The van der Waals surface area contributed by atoms with Crippen LogP contribution in [0.3, 0.4) is 0 Å². The van der Waals surface area contributed by atoms with E-state index in [4.69, 9.17) is 14.2 Å². The van der Waals surface area contributed by atoms with E-state index < -0.39 is 22.9 Å². The fourth-order valence-electron chi connectivity index (χ4n) is 3.41. The van der Waals surface area contributed by atoms with Crippen molar-refractivity contribution < 1.29 is 19.0 Å². The molecule has 0 saturated carbocycles. The molecule has 3 rings (SSSR count). The Morgan fingerprint density at radius 3 is 2.32 bits per heavy atom. The fourth-order valence-corrected chi connectivity index (χ4v) is 3.93. The van der Waals surface area contributed by atoms with Crippen molar-refractivity contribution in [3.05, 3.63) is 72.5 Å². The van der Waals surface area contributed by atoms with Gasteiger partial charge in [0.1, 0.15) is 23.4 Å². The van der Waals surface area contributed by atoms with Crippen LogP contribution in [0.2, 0.25) is 0 Å². The van der Waals surface area contributed by atoms with Gasteiger partial charge in [0.15, 0.2) is 0 Å². The number of aromatic amines is 1. The van der Waals surface area contributed by atoms with Crippen LogP contribution in [0.5, 0.6) is 17.2 Å². The highest BCUT2D eigenvalue weighted by atomic mass is 79.9. The second-order valence-corrected chi connectivity index (χ2v) is 8.52. The molecule has 10 heteroatoms. The number of aromatic nitrogens is 3. The number of benzene rings is 2. The van der Waals surface area contributed by atoms with E-state index in [0.29, 0.717) is 35.8 Å². The minimum absolute atomic E-state index is 0.340. The Kier molecular flexibility index (Phi) is 7.93. The molecule has 0 radical (unpaired) electrons. The third-order valence-corrected chi connectivity index (χ3v) is 5.86. The van der Waals surface area contributed by atoms with Crippen molar-refractivity contribution in [3.63, 3.8) is 0 Å². The zero-order valence-electron chi connectivity index (χ0n) is 19.6. The second-order valence-electron chi connectivity index (χ2n) is 7.67. The predicted octanol–water partition coefficient (Wildman–Crippen LogP) is 4.45. The summed E-state index contributed by atoms with van der Waals surface area (Å²) in [7, 11) is 1.58. The molecule has 0 spiro atoms. The molecule has 180 valence electrons. The van der Waals surface area contributed by atoms with Gasteiger partial charge >= 0.3 is 11.7 Å². The average Bonchev–Trinajstić information content (AvgIpc) is 2.79. The van der Waals surface area contributed by atoms with Crippen molar-refractivity contribution in [3.8, 4) is 22.9 Å². The van der Waals surface area contributed by atoms with Crippen molar-refractivity contribution in [2.45, 2.75) is 46.6 Å². The van der Waals surface area contributed by atoms with Crippen molar-refractivity contribution in [1.82, 2.24) is 14.8 Å². The highest BCUT2D eigenvalue weighted by molar-refractivity contribution is 9.10. The third-order valence-electron chi connectivity index (χ3n) is 5.24. The van der Waals surface area contributed by atoms with Gasteiger partial charge in [0.05, 0.1) is 17.3 Å². The maximum absolute atomic E-state index is 12.5. The van der Waals surface area contributed by atoms with Crippen LogP contribution in [0, 0.1) is 13.8 Å². The largest absolute Gasteiger partial charge is 0.496 e. The second kappa shape index (κ2) is 10.7. The van der Waals surface area contributed by atoms with E-state index in [0.717, 1.165) is 20.3 Å². The SMILES string of the molecule is CCC(CC)OC(=O)c1nn(-c2cc(C)c(Oc3ccc(OC)c(Br)c3)c(C)c2)c(=O)[nH]c1=O. The number of esters is 1. The number of ether oxygens (including phenoxy) is 3. The van der Waals surface area contributed by atoms with Crippen molar-refractivity contribution >= 4 is 21.9 Å². The van der Waals surface area contributed by atoms with Gasteiger partial charge in [0.2, 0.25) is 5.69 Å². The number of nitrogens with one attached hydrogen (secondary N) is 1. The molecule has 0 aliphatic heterocycles. The molecule has 0 aliphatic carbocycles. The molecule has 0 amide bonds. The van der Waals surface area contributed by atoms with Gasteiger partial charge in [0.25, 0.3) is 5.56 Å². The monoisotopic (exact) mass is 531 g/mol. The molecule has 1 heterocycles. The first-order valence-electron chi connectivity index (χ1n) is 10.8. The number of nitrogens with zero attached hydrogens (tertiary/aromatic N) is 2. The minimum atomic E-state index is -0.893. The van der Waals surface area contributed by atoms with E-state index in [9.17, 15) is 14.4 Å². The molecule has 1 aromatic heterocycles. The summed E-state index contributed by atoms with van der Waals surface area (Å²) in [6.07, 6.45) is 0.863. The first-order chi connectivity index (χ1) is 16.2. The predicted molar refractivity (Wildman–Crippen MR) is 130 cm³/mol. The lowest BCUT2D eigenvalue weighted by Crippen LogP contribution is -2.37. The van der Waals surface area contributed by atoms with E-state index in [1.54, 1.807) is 37.4 Å². The summed E-state index contributed by atoms with van der Waals surface area (Å²) in [5, 5.41) is 4.02. The zero-order chi connectivity index (χ0) is 25.0. The quantitative estimate of drug-likeness (QED) is 0.427. The zero-order valence-corrected chi connectivity index (χ0v) is 21.2. The van der Waals surface area contributed by atoms with Crippen LogP contribution in [0.25, 0.3) is 5.69 Å². The molecule has 0 fully saturated rings. The molecule has 0 bridgehead atoms. The summed E-state index contributed by atoms with van der Waals surface area (Å²) in [4.78, 5) is 39.4. The topological polar surface area (TPSA) is 113 Å². The molecule has 0 unspecified atom stereocenters. The van der Waals surface area contributed by atoms with E-state index in [1.165, 1.54) is 0 Å². The van der Waals surface area contributed by atoms with E-state index in [1.807, 2.05) is 27.7 Å². The van der Waals surface area contributed by atoms with Crippen LogP contribution in [0.1, 0.15) is 48.3 Å². The highest BCUT2D eigenvalue weighted by Crippen LogP contribution is 2.34. The van der Waals surface area contributed by atoms with Gasteiger partial charge < -0.3 is 14.2 Å². The van der Waals surface area contributed by atoms with Crippen LogP contribution < -0.4 is 20.7 Å². The Balaban J connectivity index is 1.98. The van der Waals surface area contributed by atoms with Crippen LogP contribution in [0.15, 0.2) is 44.4 Å². The lowest BCUT2D eigenvalue weighted by atomic mass is 10.1. The number of methoxy groups -OCH3 is 1. The Morgan fingerprint density at radius 1 is 1.12 bits per heavy atom. The molecule has 0 aliphatic rings. The standard InChI is InChI=1S/C24H26BrN3O6/c1-6-16(7-2)34-23(30)20-22(29)26-24(31)28(27-20)15-10-13(3)21(14(4)11-15)33-17-8-9-19(32-5)18(25)12-17/h8-12,16H,6-7H2,1-5H3,(H,26,29,31). The summed E-state index contributed by atoms with van der Waals surface area (Å²) in [6, 6.07) is 8.72. The molecule has 0 saturated heterocycles. The maximum Gasteiger partial charge on any atom is 0.364 e. The summed E-state index contributed by atoms with van der Waals surface area (Å²) in [5.41, 5.74) is -0.321. The first-order valence-corrected chi connectivity index (χ1v) is 11.5. The average molecular weight is 532 g/mol. The number of carbonyl (C=O) groups is 1. The van der Waals surface area contributed by atoms with Crippen molar-refractivity contribution in [1.29, 1.82) is 0 Å². The van der Waals surface area contributed by atoms with Crippen molar-refractivity contribution in [2.75, 3.05) is 7.11 Å². The van der Waals surface area contributed by atoms with Gasteiger partial charge in [-0.3, -0.25) is 9.78 Å². The molecule has 34 heavy (non-hydrogen) atoms. The number of rotatable bonds is 8. The Hall–Kier alpha value is -3.40. The normalized spacial score (nSPS) is 10.9. The summed E-state index contributed by atoms with van der Waals surface area (Å²) in [6.45, 7) is 7.40. The molecular formula is C24H26BrN3O6. The number of H-pyrrole nitrogens is 1. The molecule has 1 N–H and O–H groups in total. The van der Waals surface area contributed by atoms with Gasteiger partial charge in [-0.05, 0) is 84.1 Å². The number of halogens is 1. The van der Waals surface area contributed by atoms with Crippen LogP contribution in [-0.2, 0) is 4.74 Å². The smallest absolute Gasteiger partial charge is 0.364 e. The van der Waals surface area contributed by atoms with Gasteiger partial charge in [-0.1, -0.05) is 13.8 Å². The molecule has 9 nitrogen and oxygen atoms in total. The van der Waals surface area contributed by atoms with E-state index in [2.05, 4.69) is 26.0 Å². The fraction of sp³-hybridized carbons (Fsp3) is 0.333. The number of hydrogen-bond acceptors (Lipinski definition) is 7. The van der Waals surface area contributed by atoms with Gasteiger partial charge in [-0.25, -0.2) is 9.59 Å². The lowest BCUT2D eigenvalue weighted by Gasteiger charge is -2.16. The van der Waals surface area contributed by atoms with Gasteiger partial charge in [-0.2, -0.15) is 9.78 Å². The molecule has 3 aromatic rings.